The van der Waals surface area contributed by atoms with Crippen LogP contribution in [0.5, 0.6) is 0 Å². The van der Waals surface area contributed by atoms with Crippen molar-refractivity contribution >= 4 is 35.2 Å². The van der Waals surface area contributed by atoms with Gasteiger partial charge in [0.15, 0.2) is 0 Å². The third-order valence-electron chi connectivity index (χ3n) is 5.10. The van der Waals surface area contributed by atoms with Gasteiger partial charge in [-0.3, -0.25) is 19.2 Å². The molecule has 7 N–H and O–H groups in total. The predicted octanol–water partition coefficient (Wildman–Crippen LogP) is 1.75. The van der Waals surface area contributed by atoms with Crippen molar-refractivity contribution in [2.45, 2.75) is 79.0 Å². The first kappa shape index (κ1) is 34.5. The molecule has 0 aliphatic rings. The quantitative estimate of drug-likeness (QED) is 0.185. The molecule has 0 spiro atoms. The zero-order valence-corrected chi connectivity index (χ0v) is 23.3. The first-order valence-corrected chi connectivity index (χ1v) is 12.7. The number of hydrogen-bond donors (Lipinski definition) is 6. The van der Waals surface area contributed by atoms with Crippen LogP contribution in [0.4, 0.5) is 10.5 Å². The number of carbonyl (C=O) groups excluding carboxylic acids is 5. The Morgan fingerprint density at radius 3 is 2.05 bits per heavy atom. The molecule has 0 aromatic heterocycles. The fraction of sp³-hybridized carbons (Fsp3) is 0.577. The average Bonchev–Trinajstić information content (AvgIpc) is 2.85. The number of nitrogens with two attached hydrogens (primary N) is 1. The van der Waals surface area contributed by atoms with Crippen LogP contribution in [0, 0.1) is 5.92 Å². The molecule has 0 aliphatic carbocycles. The highest BCUT2D eigenvalue weighted by Crippen LogP contribution is 2.11. The molecule has 0 bridgehead atoms. The van der Waals surface area contributed by atoms with Gasteiger partial charge in [-0.2, -0.15) is 0 Å². The van der Waals surface area contributed by atoms with Crippen molar-refractivity contribution in [2.24, 2.45) is 11.7 Å². The number of ketones is 1. The second-order valence-electron chi connectivity index (χ2n) is 9.05. The summed E-state index contributed by atoms with van der Waals surface area (Å²) in [6.07, 6.45) is 1.86. The molecule has 1 rings (SSSR count). The molecule has 38 heavy (non-hydrogen) atoms. The lowest BCUT2D eigenvalue weighted by atomic mass is 10.0. The summed E-state index contributed by atoms with van der Waals surface area (Å²) in [5, 5.41) is 10.5. The molecule has 0 aliphatic heterocycles. The summed E-state index contributed by atoms with van der Waals surface area (Å²) in [6.45, 7) is 9.71. The number of urea groups is 1. The van der Waals surface area contributed by atoms with E-state index in [-0.39, 0.29) is 29.9 Å². The topological polar surface area (TPSA) is 181 Å². The van der Waals surface area contributed by atoms with Gasteiger partial charge in [0, 0.05) is 32.1 Å². The van der Waals surface area contributed by atoms with Gasteiger partial charge in [0.25, 0.3) is 0 Å². The maximum absolute atomic E-state index is 12.6. The molecule has 12 heteroatoms. The Morgan fingerprint density at radius 1 is 0.947 bits per heavy atom. The lowest BCUT2D eigenvalue weighted by Gasteiger charge is -2.24. The number of rotatable bonds is 15. The Hall–Kier alpha value is -3.51. The van der Waals surface area contributed by atoms with E-state index in [1.807, 2.05) is 32.9 Å². The number of benzene rings is 1. The molecule has 1 aromatic carbocycles. The van der Waals surface area contributed by atoms with Crippen LogP contribution in [0.2, 0.25) is 0 Å². The smallest absolute Gasteiger partial charge is 0.312 e. The van der Waals surface area contributed by atoms with Crippen molar-refractivity contribution in [1.29, 1.82) is 0 Å². The number of hydrogen-bond acceptors (Lipinski definition) is 7. The van der Waals surface area contributed by atoms with Crippen LogP contribution in [0.25, 0.3) is 0 Å². The number of carbonyl (C=O) groups is 5. The van der Waals surface area contributed by atoms with Gasteiger partial charge in [-0.1, -0.05) is 32.9 Å². The molecule has 12 nitrogen and oxygen atoms in total. The molecule has 2 atom stereocenters. The number of nitrogens with one attached hydrogen (secondary N) is 5. The lowest BCUT2D eigenvalue weighted by Crippen LogP contribution is -2.53. The van der Waals surface area contributed by atoms with E-state index in [4.69, 9.17) is 10.6 Å². The first-order chi connectivity index (χ1) is 17.9. The summed E-state index contributed by atoms with van der Waals surface area (Å²) in [7, 11) is 1.67. The van der Waals surface area contributed by atoms with Gasteiger partial charge < -0.3 is 31.8 Å². The maximum atomic E-state index is 12.6. The molecule has 5 amide bonds. The molecular weight excluding hydrogens is 492 g/mol. The van der Waals surface area contributed by atoms with Crippen LogP contribution in [0.3, 0.4) is 0 Å². The maximum Gasteiger partial charge on any atom is 0.312 e. The van der Waals surface area contributed by atoms with Gasteiger partial charge in [0.1, 0.15) is 17.9 Å². The van der Waals surface area contributed by atoms with Gasteiger partial charge in [0.2, 0.25) is 17.7 Å². The van der Waals surface area contributed by atoms with Crippen LogP contribution < -0.4 is 32.5 Å². The molecule has 2 unspecified atom stereocenters. The van der Waals surface area contributed by atoms with Gasteiger partial charge in [-0.15, -0.1) is 0 Å². The summed E-state index contributed by atoms with van der Waals surface area (Å²) in [5.41, 5.74) is 8.85. The van der Waals surface area contributed by atoms with Crippen molar-refractivity contribution in [2.75, 3.05) is 18.9 Å². The van der Waals surface area contributed by atoms with Crippen LogP contribution in [0.1, 0.15) is 65.9 Å². The first-order valence-electron chi connectivity index (χ1n) is 12.7. The number of amides is 5. The molecule has 0 saturated heterocycles. The van der Waals surface area contributed by atoms with Crippen molar-refractivity contribution in [3.8, 4) is 0 Å². The van der Waals surface area contributed by atoms with Gasteiger partial charge in [-0.05, 0) is 50.3 Å². The third-order valence-corrected chi connectivity index (χ3v) is 5.10. The second-order valence-corrected chi connectivity index (χ2v) is 9.05. The standard InChI is InChI=1S/C22H34N4O5.C4H10N2O/c1-14(2)20(26-19(28)8-6-7-15(3)27)22(30)24-16(4)21(29)25-18-11-9-17(10-12-18)13-31-23-5;1-2-3-6-4(5)7/h9-12,14,16,20,23H,6-8,13H2,1-5H3,(H,24,30)(H,25,29)(H,26,28);2-3H2,1H3,(H3,5,6,7). The minimum atomic E-state index is -0.796. The van der Waals surface area contributed by atoms with Gasteiger partial charge in [0.05, 0.1) is 6.61 Å². The van der Waals surface area contributed by atoms with E-state index in [9.17, 15) is 24.0 Å². The number of Topliss-reactive ketones (excluding diaryl/α,β-unsaturated/α-hetero) is 1. The molecular formula is C26H44N6O6. The van der Waals surface area contributed by atoms with Crippen molar-refractivity contribution < 1.29 is 28.8 Å². The van der Waals surface area contributed by atoms with Gasteiger partial charge in [-0.25, -0.2) is 10.3 Å². The second kappa shape index (κ2) is 19.6. The number of hydroxylamine groups is 1. The summed E-state index contributed by atoms with van der Waals surface area (Å²) in [6, 6.07) is 5.14. The van der Waals surface area contributed by atoms with E-state index in [1.54, 1.807) is 26.1 Å². The highest BCUT2D eigenvalue weighted by Gasteiger charge is 2.26. The summed E-state index contributed by atoms with van der Waals surface area (Å²) in [4.78, 5) is 63.1. The Balaban J connectivity index is 0.00000171. The predicted molar refractivity (Wildman–Crippen MR) is 146 cm³/mol. The van der Waals surface area contributed by atoms with Crippen molar-refractivity contribution in [1.82, 2.24) is 21.4 Å². The lowest BCUT2D eigenvalue weighted by molar-refractivity contribution is -0.131. The SMILES string of the molecule is CCCNC(N)=O.CNOCc1ccc(NC(=O)C(C)NC(=O)C(NC(=O)CCCC(C)=O)C(C)C)cc1. The van der Waals surface area contributed by atoms with Crippen LogP contribution in [0.15, 0.2) is 24.3 Å². The van der Waals surface area contributed by atoms with E-state index >= 15 is 0 Å². The van der Waals surface area contributed by atoms with Crippen LogP contribution in [-0.4, -0.2) is 55.2 Å². The zero-order valence-electron chi connectivity index (χ0n) is 23.3. The summed E-state index contributed by atoms with van der Waals surface area (Å²) < 4.78 is 0. The molecule has 1 aromatic rings. The van der Waals surface area contributed by atoms with Crippen molar-refractivity contribution in [3.63, 3.8) is 0 Å². The van der Waals surface area contributed by atoms with E-state index in [0.29, 0.717) is 31.7 Å². The monoisotopic (exact) mass is 536 g/mol. The number of anilines is 1. The van der Waals surface area contributed by atoms with E-state index in [1.165, 1.54) is 6.92 Å². The van der Waals surface area contributed by atoms with E-state index in [0.717, 1.165) is 12.0 Å². The third kappa shape index (κ3) is 16.3. The number of primary amides is 1. The molecule has 0 radical (unpaired) electrons. The van der Waals surface area contributed by atoms with Crippen LogP contribution in [-0.2, 0) is 30.6 Å². The van der Waals surface area contributed by atoms with Crippen LogP contribution >= 0.6 is 0 Å². The average molecular weight is 537 g/mol. The Morgan fingerprint density at radius 2 is 1.58 bits per heavy atom. The minimum absolute atomic E-state index is 0.0201. The summed E-state index contributed by atoms with van der Waals surface area (Å²) in [5.74, 6) is -1.25. The van der Waals surface area contributed by atoms with Crippen molar-refractivity contribution in [3.05, 3.63) is 29.8 Å². The largest absolute Gasteiger partial charge is 0.352 e. The van der Waals surface area contributed by atoms with E-state index < -0.39 is 24.0 Å². The van der Waals surface area contributed by atoms with Gasteiger partial charge >= 0.3 is 6.03 Å². The Labute approximate surface area is 225 Å². The fourth-order valence-electron chi connectivity index (χ4n) is 2.99. The molecule has 0 saturated carbocycles. The normalized spacial score (nSPS) is 11.9. The highest BCUT2D eigenvalue weighted by molar-refractivity contribution is 5.98. The zero-order chi connectivity index (χ0) is 29.1. The van der Waals surface area contributed by atoms with E-state index in [2.05, 4.69) is 26.7 Å². The highest BCUT2D eigenvalue weighted by atomic mass is 16.6. The Kier molecular flexibility index (Phi) is 17.8. The molecule has 0 heterocycles. The minimum Gasteiger partial charge on any atom is -0.352 e. The fourth-order valence-corrected chi connectivity index (χ4v) is 2.99. The molecule has 0 fully saturated rings. The Bertz CT molecular complexity index is 891. The molecule has 214 valence electrons. The summed E-state index contributed by atoms with van der Waals surface area (Å²) >= 11 is 0.